The molecular formula is C17H23NO5. The van der Waals surface area contributed by atoms with Crippen LogP contribution >= 0.6 is 0 Å². The monoisotopic (exact) mass is 321 g/mol. The van der Waals surface area contributed by atoms with Gasteiger partial charge in [-0.05, 0) is 31.9 Å². The van der Waals surface area contributed by atoms with E-state index in [2.05, 4.69) is 5.32 Å². The van der Waals surface area contributed by atoms with Gasteiger partial charge in [-0.15, -0.1) is 0 Å². The van der Waals surface area contributed by atoms with Crippen molar-refractivity contribution in [1.29, 1.82) is 0 Å². The molecule has 1 amide bonds. The minimum absolute atomic E-state index is 0.0605. The summed E-state index contributed by atoms with van der Waals surface area (Å²) in [5.74, 6) is -0.982. The highest BCUT2D eigenvalue weighted by molar-refractivity contribution is 5.94. The Morgan fingerprint density at radius 3 is 2.39 bits per heavy atom. The molecule has 0 spiro atoms. The lowest BCUT2D eigenvalue weighted by Gasteiger charge is -2.26. The Hall–Kier alpha value is -2.37. The van der Waals surface area contributed by atoms with Gasteiger partial charge >= 0.3 is 5.97 Å². The van der Waals surface area contributed by atoms with E-state index < -0.39 is 17.3 Å². The van der Waals surface area contributed by atoms with Crippen LogP contribution in [0.4, 0.5) is 0 Å². The number of benzene rings is 1. The topological polar surface area (TPSA) is 92.7 Å². The van der Waals surface area contributed by atoms with E-state index in [0.29, 0.717) is 24.2 Å². The second-order valence-corrected chi connectivity index (χ2v) is 5.44. The molecule has 126 valence electrons. The van der Waals surface area contributed by atoms with Crippen molar-refractivity contribution >= 4 is 17.7 Å². The summed E-state index contributed by atoms with van der Waals surface area (Å²) in [6.45, 7) is 4.85. The number of hydrogen-bond acceptors (Lipinski definition) is 4. The predicted octanol–water partition coefficient (Wildman–Crippen LogP) is 2.28. The number of rotatable bonds is 9. The fourth-order valence-corrected chi connectivity index (χ4v) is 2.15. The third kappa shape index (κ3) is 5.09. The van der Waals surface area contributed by atoms with Crippen LogP contribution in [0.5, 0.6) is 5.75 Å². The van der Waals surface area contributed by atoms with E-state index in [0.717, 1.165) is 0 Å². The van der Waals surface area contributed by atoms with Gasteiger partial charge in [0.2, 0.25) is 0 Å². The molecule has 0 saturated carbocycles. The zero-order chi connectivity index (χ0) is 17.5. The summed E-state index contributed by atoms with van der Waals surface area (Å²) >= 11 is 0. The summed E-state index contributed by atoms with van der Waals surface area (Å²) in [6.07, 6.45) is 0.862. The molecule has 1 aromatic carbocycles. The van der Waals surface area contributed by atoms with E-state index >= 15 is 0 Å². The van der Waals surface area contributed by atoms with Crippen LogP contribution in [-0.2, 0) is 9.59 Å². The molecule has 0 heterocycles. The normalized spacial score (nSPS) is 10.9. The summed E-state index contributed by atoms with van der Waals surface area (Å²) in [7, 11) is 0. The number of carboxylic acids is 1. The first-order valence-electron chi connectivity index (χ1n) is 7.58. The van der Waals surface area contributed by atoms with Gasteiger partial charge < -0.3 is 15.2 Å². The molecule has 0 saturated heterocycles. The first-order valence-corrected chi connectivity index (χ1v) is 7.58. The number of carboxylic acid groups (broad SMARTS) is 1. The number of ketones is 1. The van der Waals surface area contributed by atoms with Crippen molar-refractivity contribution in [2.75, 3.05) is 13.2 Å². The zero-order valence-electron chi connectivity index (χ0n) is 13.7. The number of ether oxygens (including phenoxy) is 1. The molecule has 1 rings (SSSR count). The molecule has 6 heteroatoms. The minimum Gasteiger partial charge on any atom is -0.484 e. The molecule has 0 fully saturated rings. The smallest absolute Gasteiger partial charge is 0.311 e. The van der Waals surface area contributed by atoms with Crippen LogP contribution in [0.3, 0.4) is 0 Å². The summed E-state index contributed by atoms with van der Waals surface area (Å²) in [5.41, 5.74) is -0.450. The van der Waals surface area contributed by atoms with Crippen LogP contribution in [-0.4, -0.2) is 35.9 Å². The van der Waals surface area contributed by atoms with Gasteiger partial charge in [0.15, 0.2) is 12.4 Å². The van der Waals surface area contributed by atoms with Crippen LogP contribution in [0.15, 0.2) is 24.3 Å². The Morgan fingerprint density at radius 2 is 1.87 bits per heavy atom. The standard InChI is InChI=1S/C17H23NO5/c1-4-17(5-2,16(21)22)11-18-15(20)10-23-14-8-6-7-13(9-14)12(3)19/h6-9H,4-5,10-11H2,1-3H3,(H,18,20)(H,21,22). The SMILES string of the molecule is CCC(CC)(CNC(=O)COc1cccc(C(C)=O)c1)C(=O)O. The molecule has 6 nitrogen and oxygen atoms in total. The maximum absolute atomic E-state index is 11.8. The first-order chi connectivity index (χ1) is 10.8. The summed E-state index contributed by atoms with van der Waals surface area (Å²) in [5, 5.41) is 11.9. The van der Waals surface area contributed by atoms with E-state index in [1.165, 1.54) is 6.92 Å². The third-order valence-corrected chi connectivity index (χ3v) is 4.04. The second kappa shape index (κ2) is 8.31. The molecular weight excluding hydrogens is 298 g/mol. The lowest BCUT2D eigenvalue weighted by Crippen LogP contribution is -2.43. The van der Waals surface area contributed by atoms with Crippen molar-refractivity contribution in [2.45, 2.75) is 33.6 Å². The van der Waals surface area contributed by atoms with Gasteiger partial charge in [-0.2, -0.15) is 0 Å². The van der Waals surface area contributed by atoms with Crippen LogP contribution in [0.2, 0.25) is 0 Å². The average Bonchev–Trinajstić information content (AvgIpc) is 2.54. The summed E-state index contributed by atoms with van der Waals surface area (Å²) in [4.78, 5) is 34.5. The molecule has 0 aromatic heterocycles. The molecule has 0 radical (unpaired) electrons. The largest absolute Gasteiger partial charge is 0.484 e. The van der Waals surface area contributed by atoms with E-state index in [1.54, 1.807) is 38.1 Å². The Morgan fingerprint density at radius 1 is 1.22 bits per heavy atom. The lowest BCUT2D eigenvalue weighted by atomic mass is 9.82. The van der Waals surface area contributed by atoms with Gasteiger partial charge in [0, 0.05) is 12.1 Å². The van der Waals surface area contributed by atoms with Gasteiger partial charge in [0.1, 0.15) is 5.75 Å². The van der Waals surface area contributed by atoms with Gasteiger partial charge in [-0.3, -0.25) is 14.4 Å². The van der Waals surface area contributed by atoms with Crippen molar-refractivity contribution in [2.24, 2.45) is 5.41 Å². The van der Waals surface area contributed by atoms with Gasteiger partial charge in [0.05, 0.1) is 5.41 Å². The highest BCUT2D eigenvalue weighted by atomic mass is 16.5. The molecule has 23 heavy (non-hydrogen) atoms. The maximum Gasteiger partial charge on any atom is 0.311 e. The van der Waals surface area contributed by atoms with Gasteiger partial charge in [-0.25, -0.2) is 0 Å². The number of carbonyl (C=O) groups is 3. The van der Waals surface area contributed by atoms with Gasteiger partial charge in [0.25, 0.3) is 5.91 Å². The number of nitrogens with one attached hydrogen (secondary N) is 1. The summed E-state index contributed by atoms with van der Waals surface area (Å²) < 4.78 is 5.34. The Balaban J connectivity index is 2.56. The summed E-state index contributed by atoms with van der Waals surface area (Å²) in [6, 6.07) is 6.56. The van der Waals surface area contributed by atoms with Crippen LogP contribution in [0.1, 0.15) is 44.0 Å². The number of hydrogen-bond donors (Lipinski definition) is 2. The maximum atomic E-state index is 11.8. The van der Waals surface area contributed by atoms with Crippen molar-refractivity contribution in [3.63, 3.8) is 0 Å². The quantitative estimate of drug-likeness (QED) is 0.681. The van der Waals surface area contributed by atoms with E-state index in [9.17, 15) is 19.5 Å². The fourth-order valence-electron chi connectivity index (χ4n) is 2.15. The highest BCUT2D eigenvalue weighted by Gasteiger charge is 2.35. The second-order valence-electron chi connectivity index (χ2n) is 5.44. The van der Waals surface area contributed by atoms with Gasteiger partial charge in [-0.1, -0.05) is 26.0 Å². The zero-order valence-corrected chi connectivity index (χ0v) is 13.7. The highest BCUT2D eigenvalue weighted by Crippen LogP contribution is 2.25. The average molecular weight is 321 g/mol. The molecule has 0 aliphatic heterocycles. The Bertz CT molecular complexity index is 578. The van der Waals surface area contributed by atoms with E-state index in [1.807, 2.05) is 0 Å². The lowest BCUT2D eigenvalue weighted by molar-refractivity contribution is -0.149. The molecule has 1 aromatic rings. The fraction of sp³-hybridized carbons (Fsp3) is 0.471. The van der Waals surface area contributed by atoms with E-state index in [4.69, 9.17) is 4.74 Å². The molecule has 0 aliphatic carbocycles. The third-order valence-electron chi connectivity index (χ3n) is 4.04. The molecule has 0 bridgehead atoms. The van der Waals surface area contributed by atoms with Crippen LogP contribution in [0.25, 0.3) is 0 Å². The molecule has 0 unspecified atom stereocenters. The molecule has 0 atom stereocenters. The number of Topliss-reactive ketones (excluding diaryl/α,β-unsaturated/α-hetero) is 1. The van der Waals surface area contributed by atoms with Crippen LogP contribution < -0.4 is 10.1 Å². The Kier molecular flexibility index (Phi) is 6.75. The number of carbonyl (C=O) groups excluding carboxylic acids is 2. The Labute approximate surface area is 135 Å². The number of aliphatic carboxylic acids is 1. The number of amides is 1. The van der Waals surface area contributed by atoms with Crippen molar-refractivity contribution in [3.8, 4) is 5.75 Å². The minimum atomic E-state index is -0.954. The first kappa shape index (κ1) is 18.7. The van der Waals surface area contributed by atoms with E-state index in [-0.39, 0.29) is 18.9 Å². The molecule has 2 N–H and O–H groups in total. The van der Waals surface area contributed by atoms with Crippen molar-refractivity contribution in [3.05, 3.63) is 29.8 Å². The predicted molar refractivity (Wildman–Crippen MR) is 85.6 cm³/mol. The van der Waals surface area contributed by atoms with Crippen molar-refractivity contribution < 1.29 is 24.2 Å². The molecule has 0 aliphatic rings. The van der Waals surface area contributed by atoms with Crippen LogP contribution in [0, 0.1) is 5.41 Å². The van der Waals surface area contributed by atoms with Crippen molar-refractivity contribution in [1.82, 2.24) is 5.32 Å².